The SMILES string of the molecule is CCN1CCCC1CNC1CCCCC1C. The van der Waals surface area contributed by atoms with Gasteiger partial charge in [0, 0.05) is 18.6 Å². The summed E-state index contributed by atoms with van der Waals surface area (Å²) in [7, 11) is 0. The van der Waals surface area contributed by atoms with Gasteiger partial charge in [0.1, 0.15) is 0 Å². The molecule has 1 N–H and O–H groups in total. The zero-order valence-corrected chi connectivity index (χ0v) is 11.0. The van der Waals surface area contributed by atoms with Crippen molar-refractivity contribution in [3.05, 3.63) is 0 Å². The Hall–Kier alpha value is -0.0800. The molecule has 1 heterocycles. The van der Waals surface area contributed by atoms with Gasteiger partial charge >= 0.3 is 0 Å². The van der Waals surface area contributed by atoms with E-state index in [0.717, 1.165) is 18.0 Å². The standard InChI is InChI=1S/C14H28N2/c1-3-16-10-6-8-13(16)11-15-14-9-5-4-7-12(14)2/h12-15H,3-11H2,1-2H3. The Labute approximate surface area is 101 Å². The Morgan fingerprint density at radius 2 is 1.94 bits per heavy atom. The van der Waals surface area contributed by atoms with E-state index >= 15 is 0 Å². The van der Waals surface area contributed by atoms with Gasteiger partial charge < -0.3 is 5.32 Å². The molecule has 0 bridgehead atoms. The van der Waals surface area contributed by atoms with Gasteiger partial charge in [0.25, 0.3) is 0 Å². The second-order valence-corrected chi connectivity index (χ2v) is 5.70. The summed E-state index contributed by atoms with van der Waals surface area (Å²) in [6, 6.07) is 1.62. The summed E-state index contributed by atoms with van der Waals surface area (Å²) in [6.45, 7) is 8.49. The molecule has 1 aliphatic carbocycles. The first-order valence-corrected chi connectivity index (χ1v) is 7.28. The van der Waals surface area contributed by atoms with E-state index in [1.807, 2.05) is 0 Å². The van der Waals surface area contributed by atoms with E-state index in [9.17, 15) is 0 Å². The normalized spacial score (nSPS) is 36.8. The van der Waals surface area contributed by atoms with Crippen LogP contribution in [0.4, 0.5) is 0 Å². The minimum absolute atomic E-state index is 0.799. The zero-order valence-electron chi connectivity index (χ0n) is 11.0. The molecule has 1 saturated heterocycles. The molecule has 2 aliphatic rings. The molecular formula is C14H28N2. The van der Waals surface area contributed by atoms with Crippen LogP contribution in [0.2, 0.25) is 0 Å². The van der Waals surface area contributed by atoms with Crippen LogP contribution in [0.1, 0.15) is 52.4 Å². The van der Waals surface area contributed by atoms with Crippen LogP contribution in [-0.4, -0.2) is 36.6 Å². The van der Waals surface area contributed by atoms with Gasteiger partial charge in [-0.1, -0.05) is 26.7 Å². The van der Waals surface area contributed by atoms with E-state index in [0.29, 0.717) is 0 Å². The lowest BCUT2D eigenvalue weighted by atomic mass is 9.86. The number of likely N-dealkylation sites (N-methyl/N-ethyl adjacent to an activating group) is 1. The zero-order chi connectivity index (χ0) is 11.4. The van der Waals surface area contributed by atoms with E-state index in [1.54, 1.807) is 0 Å². The fourth-order valence-electron chi connectivity index (χ4n) is 3.45. The molecule has 0 radical (unpaired) electrons. The Balaban J connectivity index is 1.73. The van der Waals surface area contributed by atoms with Crippen LogP contribution in [0.25, 0.3) is 0 Å². The lowest BCUT2D eigenvalue weighted by molar-refractivity contribution is 0.224. The number of rotatable bonds is 4. The third kappa shape index (κ3) is 2.98. The van der Waals surface area contributed by atoms with Gasteiger partial charge in [-0.15, -0.1) is 0 Å². The monoisotopic (exact) mass is 224 g/mol. The van der Waals surface area contributed by atoms with Crippen molar-refractivity contribution in [3.63, 3.8) is 0 Å². The highest BCUT2D eigenvalue weighted by Crippen LogP contribution is 2.24. The van der Waals surface area contributed by atoms with Crippen LogP contribution in [0, 0.1) is 5.92 Å². The maximum atomic E-state index is 3.84. The van der Waals surface area contributed by atoms with Gasteiger partial charge in [0.05, 0.1) is 0 Å². The Kier molecular flexibility index (Phi) is 4.66. The molecule has 0 amide bonds. The van der Waals surface area contributed by atoms with Crippen molar-refractivity contribution in [1.82, 2.24) is 10.2 Å². The predicted octanol–water partition coefficient (Wildman–Crippen LogP) is 2.64. The maximum Gasteiger partial charge on any atom is 0.0221 e. The van der Waals surface area contributed by atoms with Crippen LogP contribution in [0.5, 0.6) is 0 Å². The van der Waals surface area contributed by atoms with Crippen molar-refractivity contribution >= 4 is 0 Å². The Morgan fingerprint density at radius 3 is 2.69 bits per heavy atom. The van der Waals surface area contributed by atoms with Gasteiger partial charge in [-0.05, 0) is 44.7 Å². The van der Waals surface area contributed by atoms with Crippen molar-refractivity contribution < 1.29 is 0 Å². The summed E-state index contributed by atoms with van der Waals surface area (Å²) in [4.78, 5) is 2.64. The third-order valence-electron chi connectivity index (χ3n) is 4.63. The molecule has 0 aromatic rings. The first-order chi connectivity index (χ1) is 7.81. The summed E-state index contributed by atoms with van der Waals surface area (Å²) in [6.07, 6.45) is 8.52. The van der Waals surface area contributed by atoms with Gasteiger partial charge in [-0.25, -0.2) is 0 Å². The summed E-state index contributed by atoms with van der Waals surface area (Å²) in [5.74, 6) is 0.894. The molecule has 0 aromatic heterocycles. The molecular weight excluding hydrogens is 196 g/mol. The van der Waals surface area contributed by atoms with Crippen LogP contribution in [0.3, 0.4) is 0 Å². The molecule has 94 valence electrons. The van der Waals surface area contributed by atoms with Crippen LogP contribution < -0.4 is 5.32 Å². The third-order valence-corrected chi connectivity index (χ3v) is 4.63. The number of nitrogens with zero attached hydrogens (tertiary/aromatic N) is 1. The first kappa shape index (κ1) is 12.4. The minimum atomic E-state index is 0.799. The number of hydrogen-bond acceptors (Lipinski definition) is 2. The summed E-state index contributed by atoms with van der Waals surface area (Å²) in [5.41, 5.74) is 0. The maximum absolute atomic E-state index is 3.84. The molecule has 0 spiro atoms. The molecule has 2 nitrogen and oxygen atoms in total. The molecule has 1 saturated carbocycles. The van der Waals surface area contributed by atoms with Crippen LogP contribution >= 0.6 is 0 Å². The average Bonchev–Trinajstić information content (AvgIpc) is 2.75. The van der Waals surface area contributed by atoms with Gasteiger partial charge in [-0.2, -0.15) is 0 Å². The van der Waals surface area contributed by atoms with Gasteiger partial charge in [0.2, 0.25) is 0 Å². The fraction of sp³-hybridized carbons (Fsp3) is 1.00. The van der Waals surface area contributed by atoms with Crippen molar-refractivity contribution in [1.29, 1.82) is 0 Å². The first-order valence-electron chi connectivity index (χ1n) is 7.28. The Bertz CT molecular complexity index is 203. The molecule has 0 aromatic carbocycles. The van der Waals surface area contributed by atoms with E-state index < -0.39 is 0 Å². The molecule has 1 aliphatic heterocycles. The van der Waals surface area contributed by atoms with Crippen LogP contribution in [-0.2, 0) is 0 Å². The summed E-state index contributed by atoms with van der Waals surface area (Å²) >= 11 is 0. The van der Waals surface area contributed by atoms with E-state index in [-0.39, 0.29) is 0 Å². The highest BCUT2D eigenvalue weighted by Gasteiger charge is 2.25. The fourth-order valence-corrected chi connectivity index (χ4v) is 3.45. The van der Waals surface area contributed by atoms with Crippen molar-refractivity contribution in [2.75, 3.05) is 19.6 Å². The van der Waals surface area contributed by atoms with E-state index in [2.05, 4.69) is 24.1 Å². The summed E-state index contributed by atoms with van der Waals surface area (Å²) < 4.78 is 0. The second-order valence-electron chi connectivity index (χ2n) is 5.70. The topological polar surface area (TPSA) is 15.3 Å². The molecule has 2 rings (SSSR count). The largest absolute Gasteiger partial charge is 0.312 e. The average molecular weight is 224 g/mol. The predicted molar refractivity (Wildman–Crippen MR) is 69.7 cm³/mol. The van der Waals surface area contributed by atoms with Crippen molar-refractivity contribution in [3.8, 4) is 0 Å². The number of hydrogen-bond donors (Lipinski definition) is 1. The lowest BCUT2D eigenvalue weighted by Crippen LogP contribution is -2.44. The second kappa shape index (κ2) is 6.02. The molecule has 3 atom stereocenters. The smallest absolute Gasteiger partial charge is 0.0221 e. The summed E-state index contributed by atoms with van der Waals surface area (Å²) in [5, 5.41) is 3.84. The quantitative estimate of drug-likeness (QED) is 0.790. The highest BCUT2D eigenvalue weighted by atomic mass is 15.2. The number of nitrogens with one attached hydrogen (secondary N) is 1. The lowest BCUT2D eigenvalue weighted by Gasteiger charge is -2.32. The van der Waals surface area contributed by atoms with Gasteiger partial charge in [-0.3, -0.25) is 4.90 Å². The Morgan fingerprint density at radius 1 is 1.12 bits per heavy atom. The molecule has 2 fully saturated rings. The minimum Gasteiger partial charge on any atom is -0.312 e. The van der Waals surface area contributed by atoms with Crippen LogP contribution in [0.15, 0.2) is 0 Å². The van der Waals surface area contributed by atoms with E-state index in [1.165, 1.54) is 58.2 Å². The highest BCUT2D eigenvalue weighted by molar-refractivity contribution is 4.84. The molecule has 3 unspecified atom stereocenters. The van der Waals surface area contributed by atoms with E-state index in [4.69, 9.17) is 0 Å². The van der Waals surface area contributed by atoms with Crippen molar-refractivity contribution in [2.45, 2.75) is 64.5 Å². The van der Waals surface area contributed by atoms with Crippen molar-refractivity contribution in [2.24, 2.45) is 5.92 Å². The molecule has 16 heavy (non-hydrogen) atoms. The van der Waals surface area contributed by atoms with Gasteiger partial charge in [0.15, 0.2) is 0 Å². The number of likely N-dealkylation sites (tertiary alicyclic amines) is 1. The molecule has 2 heteroatoms.